The summed E-state index contributed by atoms with van der Waals surface area (Å²) in [4.78, 5) is 14.1. The van der Waals surface area contributed by atoms with Crippen LogP contribution in [0.2, 0.25) is 0 Å². The minimum Gasteiger partial charge on any atom is -0.444 e. The van der Waals surface area contributed by atoms with Crippen LogP contribution in [0.4, 0.5) is 10.5 Å². The summed E-state index contributed by atoms with van der Waals surface area (Å²) in [6, 6.07) is 4.17. The Labute approximate surface area is 154 Å². The van der Waals surface area contributed by atoms with Gasteiger partial charge in [-0.3, -0.25) is 0 Å². The first-order valence-corrected chi connectivity index (χ1v) is 8.87. The maximum absolute atomic E-state index is 12.0. The molecule has 3 rings (SSSR count). The van der Waals surface area contributed by atoms with Gasteiger partial charge in [-0.05, 0) is 49.2 Å². The fraction of sp³-hybridized carbons (Fsp3) is 0.471. The van der Waals surface area contributed by atoms with Crippen molar-refractivity contribution in [3.8, 4) is 6.07 Å². The molecule has 1 fully saturated rings. The van der Waals surface area contributed by atoms with Crippen molar-refractivity contribution in [1.82, 2.24) is 14.9 Å². The number of halogens is 1. The molecule has 0 saturated carbocycles. The fourth-order valence-corrected chi connectivity index (χ4v) is 3.37. The third-order valence-electron chi connectivity index (χ3n) is 3.93. The van der Waals surface area contributed by atoms with E-state index in [0.717, 1.165) is 28.6 Å². The third-order valence-corrected chi connectivity index (χ3v) is 4.36. The number of hydrogen-bond acceptors (Lipinski definition) is 5. The van der Waals surface area contributed by atoms with Crippen molar-refractivity contribution in [2.75, 3.05) is 18.0 Å². The van der Waals surface area contributed by atoms with E-state index in [0.29, 0.717) is 12.1 Å². The van der Waals surface area contributed by atoms with Crippen LogP contribution in [0.1, 0.15) is 32.8 Å². The second-order valence-corrected chi connectivity index (χ2v) is 8.00. The Balaban J connectivity index is 1.79. The van der Waals surface area contributed by atoms with Crippen LogP contribution in [0.15, 0.2) is 22.9 Å². The topological polar surface area (TPSA) is 82.7 Å². The Morgan fingerprint density at radius 1 is 1.52 bits per heavy atom. The minimum absolute atomic E-state index is 0.00217. The predicted octanol–water partition coefficient (Wildman–Crippen LogP) is 3.07. The molecule has 25 heavy (non-hydrogen) atoms. The Kier molecular flexibility index (Phi) is 4.60. The number of rotatable bonds is 2. The molecule has 1 atom stereocenters. The van der Waals surface area contributed by atoms with Crippen molar-refractivity contribution in [3.63, 3.8) is 0 Å². The first-order valence-electron chi connectivity index (χ1n) is 8.08. The number of ether oxygens (including phenoxy) is 1. The van der Waals surface area contributed by atoms with Gasteiger partial charge in [0.1, 0.15) is 17.2 Å². The average Bonchev–Trinajstić information content (AvgIpc) is 3.10. The molecule has 1 aliphatic heterocycles. The number of nitriles is 1. The quantitative estimate of drug-likeness (QED) is 0.829. The number of amides is 1. The molecule has 0 bridgehead atoms. The molecular weight excluding hydrogens is 386 g/mol. The second kappa shape index (κ2) is 6.56. The van der Waals surface area contributed by atoms with Crippen LogP contribution in [0, 0.1) is 11.3 Å². The lowest BCUT2D eigenvalue weighted by Crippen LogP contribution is -2.40. The lowest BCUT2D eigenvalue weighted by atomic mass is 10.2. The second-order valence-electron chi connectivity index (χ2n) is 7.08. The molecule has 0 aliphatic carbocycles. The lowest BCUT2D eigenvalue weighted by Gasteiger charge is -2.23. The highest BCUT2D eigenvalue weighted by Crippen LogP contribution is 2.30. The molecule has 0 unspecified atom stereocenters. The van der Waals surface area contributed by atoms with E-state index >= 15 is 0 Å². The highest BCUT2D eigenvalue weighted by Gasteiger charge is 2.28. The van der Waals surface area contributed by atoms with Gasteiger partial charge in [0.15, 0.2) is 0 Å². The number of anilines is 1. The molecule has 132 valence electrons. The number of alkyl carbamates (subject to hydrolysis) is 1. The number of hydrogen-bond donors (Lipinski definition) is 1. The molecule has 1 aliphatic rings. The monoisotopic (exact) mass is 405 g/mol. The average molecular weight is 406 g/mol. The van der Waals surface area contributed by atoms with Gasteiger partial charge in [0.05, 0.1) is 23.5 Å². The molecule has 2 aromatic rings. The summed E-state index contributed by atoms with van der Waals surface area (Å²) in [5, 5.41) is 16.5. The zero-order valence-electron chi connectivity index (χ0n) is 14.4. The summed E-state index contributed by atoms with van der Waals surface area (Å²) in [6.07, 6.45) is 3.80. The third kappa shape index (κ3) is 3.87. The number of carbonyl (C=O) groups excluding carboxylic acids is 1. The van der Waals surface area contributed by atoms with E-state index in [9.17, 15) is 10.1 Å². The number of aromatic nitrogens is 2. The largest absolute Gasteiger partial charge is 0.444 e. The van der Waals surface area contributed by atoms with Crippen molar-refractivity contribution in [2.24, 2.45) is 0 Å². The van der Waals surface area contributed by atoms with E-state index in [-0.39, 0.29) is 6.04 Å². The summed E-state index contributed by atoms with van der Waals surface area (Å²) in [7, 11) is 0. The maximum Gasteiger partial charge on any atom is 0.407 e. The molecule has 0 spiro atoms. The number of nitrogens with one attached hydrogen (secondary N) is 1. The molecular formula is C17H20BrN5O2. The summed E-state index contributed by atoms with van der Waals surface area (Å²) >= 11 is 3.49. The zero-order chi connectivity index (χ0) is 18.2. The van der Waals surface area contributed by atoms with Crippen LogP contribution in [-0.4, -0.2) is 40.4 Å². The highest BCUT2D eigenvalue weighted by atomic mass is 79.9. The van der Waals surface area contributed by atoms with Crippen molar-refractivity contribution in [2.45, 2.75) is 38.8 Å². The fourth-order valence-electron chi connectivity index (χ4n) is 2.96. The summed E-state index contributed by atoms with van der Waals surface area (Å²) in [5.41, 5.74) is 1.73. The SMILES string of the molecule is CC(C)(C)OC(=O)N[C@@H]1CCN(c2cc(Br)cn3ncc(C#N)c23)C1. The Morgan fingerprint density at radius 2 is 2.28 bits per heavy atom. The number of carbonyl (C=O) groups is 1. The predicted molar refractivity (Wildman–Crippen MR) is 97.6 cm³/mol. The normalized spacial score (nSPS) is 17.6. The number of fused-ring (bicyclic) bond motifs is 1. The van der Waals surface area contributed by atoms with E-state index in [1.165, 1.54) is 0 Å². The molecule has 0 radical (unpaired) electrons. The maximum atomic E-state index is 12.0. The van der Waals surface area contributed by atoms with Gasteiger partial charge >= 0.3 is 6.09 Å². The van der Waals surface area contributed by atoms with E-state index in [4.69, 9.17) is 4.74 Å². The van der Waals surface area contributed by atoms with Crippen molar-refractivity contribution in [1.29, 1.82) is 5.26 Å². The molecule has 7 nitrogen and oxygen atoms in total. The van der Waals surface area contributed by atoms with Crippen LogP contribution in [0.25, 0.3) is 5.52 Å². The molecule has 3 heterocycles. The molecule has 1 N–H and O–H groups in total. The standard InChI is InChI=1S/C17H20BrN5O2/c1-17(2,3)25-16(24)21-13-4-5-22(10-13)14-6-12(18)9-23-15(14)11(7-19)8-20-23/h6,8-9,13H,4-5,10H2,1-3H3,(H,21,24)/t13-/m1/s1. The number of pyridine rings is 1. The van der Waals surface area contributed by atoms with Gasteiger partial charge in [0.25, 0.3) is 0 Å². The zero-order valence-corrected chi connectivity index (χ0v) is 16.0. The van der Waals surface area contributed by atoms with E-state index < -0.39 is 11.7 Å². The minimum atomic E-state index is -0.516. The molecule has 8 heteroatoms. The van der Waals surface area contributed by atoms with Crippen molar-refractivity contribution in [3.05, 3.63) is 28.5 Å². The van der Waals surface area contributed by atoms with Crippen LogP contribution in [0.3, 0.4) is 0 Å². The lowest BCUT2D eigenvalue weighted by molar-refractivity contribution is 0.0509. The van der Waals surface area contributed by atoms with Gasteiger partial charge in [-0.15, -0.1) is 0 Å². The molecule has 1 amide bonds. The molecule has 1 saturated heterocycles. The van der Waals surface area contributed by atoms with Crippen molar-refractivity contribution >= 4 is 33.2 Å². The van der Waals surface area contributed by atoms with Crippen LogP contribution >= 0.6 is 15.9 Å². The first-order chi connectivity index (χ1) is 11.8. The van der Waals surface area contributed by atoms with Gasteiger partial charge in [0, 0.05) is 23.8 Å². The first kappa shape index (κ1) is 17.5. The molecule has 0 aromatic carbocycles. The van der Waals surface area contributed by atoms with Gasteiger partial charge in [0.2, 0.25) is 0 Å². The van der Waals surface area contributed by atoms with Gasteiger partial charge in [-0.1, -0.05) is 0 Å². The molecule has 2 aromatic heterocycles. The Bertz CT molecular complexity index is 849. The number of nitrogens with zero attached hydrogens (tertiary/aromatic N) is 4. The van der Waals surface area contributed by atoms with Crippen molar-refractivity contribution < 1.29 is 9.53 Å². The van der Waals surface area contributed by atoms with Gasteiger partial charge < -0.3 is 15.0 Å². The van der Waals surface area contributed by atoms with Gasteiger partial charge in [-0.25, -0.2) is 9.31 Å². The van der Waals surface area contributed by atoms with E-state index in [1.54, 1.807) is 10.7 Å². The van der Waals surface area contributed by atoms with Crippen LogP contribution in [-0.2, 0) is 4.74 Å². The Morgan fingerprint density at radius 3 is 2.96 bits per heavy atom. The summed E-state index contributed by atoms with van der Waals surface area (Å²) in [6.45, 7) is 6.96. The van der Waals surface area contributed by atoms with Gasteiger partial charge in [-0.2, -0.15) is 10.4 Å². The highest BCUT2D eigenvalue weighted by molar-refractivity contribution is 9.10. The van der Waals surface area contributed by atoms with Crippen LogP contribution < -0.4 is 10.2 Å². The summed E-state index contributed by atoms with van der Waals surface area (Å²) < 4.78 is 7.90. The van der Waals surface area contributed by atoms with E-state index in [2.05, 4.69) is 37.3 Å². The smallest absolute Gasteiger partial charge is 0.407 e. The van der Waals surface area contributed by atoms with E-state index in [1.807, 2.05) is 33.0 Å². The summed E-state index contributed by atoms with van der Waals surface area (Å²) in [5.74, 6) is 0. The van der Waals surface area contributed by atoms with Crippen LogP contribution in [0.5, 0.6) is 0 Å². The Hall–Kier alpha value is -2.27.